The summed E-state index contributed by atoms with van der Waals surface area (Å²) in [7, 11) is 2.03. The molecule has 0 atom stereocenters. The van der Waals surface area contributed by atoms with Gasteiger partial charge >= 0.3 is 0 Å². The molecule has 0 aliphatic rings. The third-order valence-corrected chi connectivity index (χ3v) is 3.13. The van der Waals surface area contributed by atoms with Crippen LogP contribution in [0.25, 0.3) is 0 Å². The molecular weight excluding hydrogens is 266 g/mol. The summed E-state index contributed by atoms with van der Waals surface area (Å²) in [4.78, 5) is 22.0. The van der Waals surface area contributed by atoms with Gasteiger partial charge in [0.25, 0.3) is 5.91 Å². The molecular formula is C15H19N5O. The molecule has 0 fully saturated rings. The molecule has 2 aromatic rings. The van der Waals surface area contributed by atoms with Gasteiger partial charge in [-0.3, -0.25) is 20.2 Å². The molecule has 2 rings (SSSR count). The van der Waals surface area contributed by atoms with E-state index >= 15 is 0 Å². The monoisotopic (exact) mass is 285 g/mol. The van der Waals surface area contributed by atoms with E-state index in [2.05, 4.69) is 20.3 Å². The minimum Gasteiger partial charge on any atom is -0.300 e. The molecule has 0 unspecified atom stereocenters. The Bertz CT molecular complexity index is 570. The lowest BCUT2D eigenvalue weighted by Crippen LogP contribution is -2.30. The smallest absolute Gasteiger partial charge is 0.266 e. The highest BCUT2D eigenvalue weighted by molar-refractivity contribution is 5.93. The van der Waals surface area contributed by atoms with Crippen molar-refractivity contribution in [3.05, 3.63) is 59.7 Å². The number of carbonyl (C=O) groups excluding carboxylic acids is 1. The van der Waals surface area contributed by atoms with E-state index in [-0.39, 0.29) is 5.91 Å². The van der Waals surface area contributed by atoms with E-state index < -0.39 is 0 Å². The first-order valence-electron chi connectivity index (χ1n) is 6.73. The molecule has 0 aliphatic carbocycles. The number of pyridine rings is 2. The summed E-state index contributed by atoms with van der Waals surface area (Å²) in [5.41, 5.74) is 4.53. The van der Waals surface area contributed by atoms with Crippen LogP contribution >= 0.6 is 0 Å². The summed E-state index contributed by atoms with van der Waals surface area (Å²) in [6, 6.07) is 9.48. The van der Waals surface area contributed by atoms with Crippen LogP contribution in [0.2, 0.25) is 0 Å². The lowest BCUT2D eigenvalue weighted by atomic mass is 10.2. The van der Waals surface area contributed by atoms with Crippen molar-refractivity contribution in [2.45, 2.75) is 13.0 Å². The second kappa shape index (κ2) is 7.47. The fourth-order valence-electron chi connectivity index (χ4n) is 1.94. The Balaban J connectivity index is 1.85. The summed E-state index contributed by atoms with van der Waals surface area (Å²) in [5, 5.41) is 0. The molecule has 2 heterocycles. The fourth-order valence-corrected chi connectivity index (χ4v) is 1.94. The zero-order valence-corrected chi connectivity index (χ0v) is 12.0. The molecule has 1 amide bonds. The van der Waals surface area contributed by atoms with E-state index in [1.165, 1.54) is 6.20 Å². The number of hydrazine groups is 1. The van der Waals surface area contributed by atoms with Gasteiger partial charge in [0, 0.05) is 37.6 Å². The summed E-state index contributed by atoms with van der Waals surface area (Å²) in [6.45, 7) is 1.61. The lowest BCUT2D eigenvalue weighted by molar-refractivity contribution is 0.0953. The predicted octanol–water partition coefficient (Wildman–Crippen LogP) is 0.755. The Morgan fingerprint density at radius 2 is 2.10 bits per heavy atom. The zero-order valence-electron chi connectivity index (χ0n) is 12.0. The molecule has 0 saturated carbocycles. The average Bonchev–Trinajstić information content (AvgIpc) is 2.54. The number of rotatable bonds is 6. The highest BCUT2D eigenvalue weighted by Gasteiger charge is 2.06. The van der Waals surface area contributed by atoms with E-state index in [4.69, 9.17) is 5.84 Å². The van der Waals surface area contributed by atoms with Gasteiger partial charge in [-0.2, -0.15) is 0 Å². The molecule has 21 heavy (non-hydrogen) atoms. The number of nitrogens with one attached hydrogen (secondary N) is 1. The van der Waals surface area contributed by atoms with Crippen LogP contribution in [-0.2, 0) is 13.0 Å². The van der Waals surface area contributed by atoms with Gasteiger partial charge in [0.15, 0.2) is 0 Å². The minimum absolute atomic E-state index is 0.336. The van der Waals surface area contributed by atoms with Gasteiger partial charge in [-0.15, -0.1) is 0 Å². The first-order valence-corrected chi connectivity index (χ1v) is 6.73. The fraction of sp³-hybridized carbons (Fsp3) is 0.267. The first-order chi connectivity index (χ1) is 10.2. The second-order valence-electron chi connectivity index (χ2n) is 4.82. The van der Waals surface area contributed by atoms with Crippen LogP contribution in [0.1, 0.15) is 21.7 Å². The quantitative estimate of drug-likeness (QED) is 0.465. The highest BCUT2D eigenvalue weighted by Crippen LogP contribution is 2.04. The Hall–Kier alpha value is -2.31. The third kappa shape index (κ3) is 4.62. The molecule has 2 aromatic heterocycles. The Morgan fingerprint density at radius 3 is 2.71 bits per heavy atom. The number of nitrogens with zero attached hydrogens (tertiary/aromatic N) is 3. The maximum absolute atomic E-state index is 11.3. The van der Waals surface area contributed by atoms with Crippen molar-refractivity contribution in [3.8, 4) is 0 Å². The lowest BCUT2D eigenvalue weighted by Gasteiger charge is -2.15. The average molecular weight is 285 g/mol. The van der Waals surface area contributed by atoms with Gasteiger partial charge in [-0.1, -0.05) is 6.07 Å². The summed E-state index contributed by atoms with van der Waals surface area (Å²) < 4.78 is 0. The number of hydrogen-bond acceptors (Lipinski definition) is 5. The van der Waals surface area contributed by atoms with Gasteiger partial charge in [-0.05, 0) is 31.3 Å². The number of hydrogen-bond donors (Lipinski definition) is 2. The van der Waals surface area contributed by atoms with E-state index in [1.54, 1.807) is 12.3 Å². The largest absolute Gasteiger partial charge is 0.300 e. The number of amides is 1. The zero-order chi connectivity index (χ0) is 15.1. The number of likely N-dealkylation sites (N-methyl/N-ethyl adjacent to an activating group) is 1. The third-order valence-electron chi connectivity index (χ3n) is 3.13. The van der Waals surface area contributed by atoms with E-state index in [0.717, 1.165) is 30.9 Å². The minimum atomic E-state index is -0.336. The van der Waals surface area contributed by atoms with Crippen LogP contribution in [0.15, 0.2) is 42.7 Å². The number of aromatic nitrogens is 2. The Morgan fingerprint density at radius 1 is 1.24 bits per heavy atom. The highest BCUT2D eigenvalue weighted by atomic mass is 16.2. The van der Waals surface area contributed by atoms with Crippen LogP contribution in [-0.4, -0.2) is 34.4 Å². The van der Waals surface area contributed by atoms with Crippen molar-refractivity contribution in [3.63, 3.8) is 0 Å². The standard InChI is InChI=1S/C15H19N5O/c1-20(9-7-13-4-2-3-8-17-13)11-14-6-5-12(10-18-14)15(21)19-16/h2-6,8,10H,7,9,11,16H2,1H3,(H,19,21). The molecule has 0 radical (unpaired) electrons. The Labute approximate surface area is 124 Å². The van der Waals surface area contributed by atoms with Gasteiger partial charge in [0.2, 0.25) is 0 Å². The number of carbonyl (C=O) groups is 1. The number of nitrogens with two attached hydrogens (primary N) is 1. The van der Waals surface area contributed by atoms with E-state index in [0.29, 0.717) is 5.56 Å². The second-order valence-corrected chi connectivity index (χ2v) is 4.82. The van der Waals surface area contributed by atoms with Crippen molar-refractivity contribution in [1.82, 2.24) is 20.3 Å². The van der Waals surface area contributed by atoms with Gasteiger partial charge in [0.05, 0.1) is 11.3 Å². The molecule has 110 valence electrons. The van der Waals surface area contributed by atoms with Crippen molar-refractivity contribution >= 4 is 5.91 Å². The molecule has 3 N–H and O–H groups in total. The first kappa shape index (κ1) is 15.1. The van der Waals surface area contributed by atoms with Crippen LogP contribution in [0.5, 0.6) is 0 Å². The summed E-state index contributed by atoms with van der Waals surface area (Å²) >= 11 is 0. The van der Waals surface area contributed by atoms with Gasteiger partial charge in [0.1, 0.15) is 0 Å². The molecule has 0 saturated heterocycles. The topological polar surface area (TPSA) is 84.1 Å². The molecule has 6 nitrogen and oxygen atoms in total. The van der Waals surface area contributed by atoms with Gasteiger partial charge in [-0.25, -0.2) is 5.84 Å². The van der Waals surface area contributed by atoms with E-state index in [1.807, 2.05) is 31.3 Å². The Kier molecular flexibility index (Phi) is 5.36. The SMILES string of the molecule is CN(CCc1ccccn1)Cc1ccc(C(=O)NN)cn1. The van der Waals surface area contributed by atoms with Crippen LogP contribution in [0, 0.1) is 0 Å². The maximum atomic E-state index is 11.3. The van der Waals surface area contributed by atoms with Crippen LogP contribution in [0.4, 0.5) is 0 Å². The van der Waals surface area contributed by atoms with Crippen molar-refractivity contribution in [2.24, 2.45) is 5.84 Å². The molecule has 0 bridgehead atoms. The van der Waals surface area contributed by atoms with Crippen molar-refractivity contribution in [1.29, 1.82) is 0 Å². The van der Waals surface area contributed by atoms with Crippen molar-refractivity contribution < 1.29 is 4.79 Å². The predicted molar refractivity (Wildman–Crippen MR) is 80.2 cm³/mol. The van der Waals surface area contributed by atoms with E-state index in [9.17, 15) is 4.79 Å². The van der Waals surface area contributed by atoms with Crippen LogP contribution in [0.3, 0.4) is 0 Å². The number of nitrogen functional groups attached to an aromatic ring is 1. The summed E-state index contributed by atoms with van der Waals surface area (Å²) in [6.07, 6.45) is 4.23. The molecule has 0 aliphatic heterocycles. The molecule has 0 spiro atoms. The molecule has 0 aromatic carbocycles. The molecule has 6 heteroatoms. The maximum Gasteiger partial charge on any atom is 0.266 e. The normalized spacial score (nSPS) is 10.6. The summed E-state index contributed by atoms with van der Waals surface area (Å²) in [5.74, 6) is 4.74. The van der Waals surface area contributed by atoms with Crippen LogP contribution < -0.4 is 11.3 Å². The van der Waals surface area contributed by atoms with Crippen molar-refractivity contribution in [2.75, 3.05) is 13.6 Å². The van der Waals surface area contributed by atoms with Gasteiger partial charge < -0.3 is 4.90 Å².